The minimum atomic E-state index is 0.429. The van der Waals surface area contributed by atoms with Crippen LogP contribution in [-0.4, -0.2) is 15.0 Å². The van der Waals surface area contributed by atoms with Crippen LogP contribution in [0.5, 0.6) is 0 Å². The molecule has 3 heteroatoms. The summed E-state index contributed by atoms with van der Waals surface area (Å²) in [5, 5.41) is 2.39. The van der Waals surface area contributed by atoms with Gasteiger partial charge in [0.05, 0.1) is 0 Å². The Balaban J connectivity index is 0.984. The van der Waals surface area contributed by atoms with Crippen LogP contribution in [0.25, 0.3) is 50.2 Å². The fourth-order valence-corrected chi connectivity index (χ4v) is 11.0. The van der Waals surface area contributed by atoms with E-state index in [1.807, 2.05) is 0 Å². The van der Waals surface area contributed by atoms with Crippen LogP contribution in [0.3, 0.4) is 0 Å². The molecule has 0 aliphatic heterocycles. The first-order chi connectivity index (χ1) is 23.7. The number of allylic oxidation sites excluding steroid dienone is 8. The normalized spacial score (nSPS) is 30.2. The fraction of sp³-hybridized carbons (Fsp3) is 0.267. The molecular weight excluding hydrogens is 583 g/mol. The smallest absolute Gasteiger partial charge is 0.164 e. The molecule has 232 valence electrons. The van der Waals surface area contributed by atoms with Gasteiger partial charge in [0.2, 0.25) is 0 Å². The van der Waals surface area contributed by atoms with Crippen molar-refractivity contribution in [1.29, 1.82) is 0 Å². The van der Waals surface area contributed by atoms with Gasteiger partial charge < -0.3 is 0 Å². The summed E-state index contributed by atoms with van der Waals surface area (Å²) in [5.74, 6) is 7.30. The third-order valence-corrected chi connectivity index (χ3v) is 13.1. The van der Waals surface area contributed by atoms with E-state index in [1.165, 1.54) is 58.7 Å². The number of nitrogens with zero attached hydrogens (tertiary/aromatic N) is 3. The molecule has 5 aromatic rings. The van der Waals surface area contributed by atoms with Gasteiger partial charge in [0, 0.05) is 22.6 Å². The van der Waals surface area contributed by atoms with Gasteiger partial charge in [-0.2, -0.15) is 0 Å². The van der Waals surface area contributed by atoms with Crippen LogP contribution in [0.1, 0.15) is 49.4 Å². The van der Waals surface area contributed by atoms with Crippen LogP contribution in [0.4, 0.5) is 0 Å². The Bertz CT molecular complexity index is 2260. The van der Waals surface area contributed by atoms with Crippen molar-refractivity contribution >= 4 is 16.3 Å². The van der Waals surface area contributed by atoms with E-state index >= 15 is 0 Å². The summed E-state index contributed by atoms with van der Waals surface area (Å²) < 4.78 is 0. The highest BCUT2D eigenvalue weighted by Crippen LogP contribution is 2.85. The number of hydrogen-bond donors (Lipinski definition) is 0. The fourth-order valence-electron chi connectivity index (χ4n) is 11.0. The zero-order chi connectivity index (χ0) is 31.4. The van der Waals surface area contributed by atoms with E-state index < -0.39 is 0 Å². The first-order valence-corrected chi connectivity index (χ1v) is 17.9. The molecular formula is C45H37N3. The molecule has 7 unspecified atom stereocenters. The van der Waals surface area contributed by atoms with Crippen molar-refractivity contribution in [2.45, 2.75) is 38.0 Å². The number of aromatic nitrogens is 3. The van der Waals surface area contributed by atoms with E-state index in [4.69, 9.17) is 15.0 Å². The second-order valence-electron chi connectivity index (χ2n) is 15.3. The average Bonchev–Trinajstić information content (AvgIpc) is 3.68. The lowest BCUT2D eigenvalue weighted by Gasteiger charge is -2.71. The summed E-state index contributed by atoms with van der Waals surface area (Å²) in [7, 11) is 0. The molecule has 48 heavy (non-hydrogen) atoms. The lowest BCUT2D eigenvalue weighted by molar-refractivity contribution is -0.196. The average molecular weight is 620 g/mol. The first kappa shape index (κ1) is 27.1. The SMILES string of the molecule is C1=CC2=CC(c3nc(-c4ccc(C5C6CC7CC8CC5C86C7)cc4)nc(-c4ccc5ccc(-c6ccccc6)cc5c4)n3)=CCC2C=C1. The van der Waals surface area contributed by atoms with Crippen molar-refractivity contribution in [2.75, 3.05) is 0 Å². The summed E-state index contributed by atoms with van der Waals surface area (Å²) >= 11 is 0. The minimum Gasteiger partial charge on any atom is -0.208 e. The van der Waals surface area contributed by atoms with Crippen LogP contribution >= 0.6 is 0 Å². The second-order valence-corrected chi connectivity index (χ2v) is 15.3. The first-order valence-electron chi connectivity index (χ1n) is 17.9. The molecule has 4 saturated carbocycles. The lowest BCUT2D eigenvalue weighted by Crippen LogP contribution is -2.64. The quantitative estimate of drug-likeness (QED) is 0.196. The van der Waals surface area contributed by atoms with Crippen molar-refractivity contribution in [1.82, 2.24) is 15.0 Å². The summed E-state index contributed by atoms with van der Waals surface area (Å²) in [5.41, 5.74) is 9.16. The van der Waals surface area contributed by atoms with Gasteiger partial charge in [-0.15, -0.1) is 0 Å². The maximum absolute atomic E-state index is 5.16. The molecule has 1 heterocycles. The Morgan fingerprint density at radius 2 is 1.38 bits per heavy atom. The number of hydrogen-bond acceptors (Lipinski definition) is 3. The molecule has 0 radical (unpaired) electrons. The highest BCUT2D eigenvalue weighted by Gasteiger charge is 2.77. The Labute approximate surface area is 281 Å². The predicted molar refractivity (Wildman–Crippen MR) is 194 cm³/mol. The van der Waals surface area contributed by atoms with Crippen LogP contribution in [0, 0.1) is 35.0 Å². The van der Waals surface area contributed by atoms with Crippen molar-refractivity contribution in [3.8, 4) is 33.9 Å². The van der Waals surface area contributed by atoms with Gasteiger partial charge in [-0.25, -0.2) is 15.0 Å². The largest absolute Gasteiger partial charge is 0.208 e. The van der Waals surface area contributed by atoms with Crippen LogP contribution in [-0.2, 0) is 0 Å². The molecule has 4 aromatic carbocycles. The van der Waals surface area contributed by atoms with Crippen LogP contribution < -0.4 is 0 Å². The van der Waals surface area contributed by atoms with Crippen LogP contribution in [0.2, 0.25) is 0 Å². The Kier molecular flexibility index (Phi) is 5.68. The van der Waals surface area contributed by atoms with E-state index in [0.29, 0.717) is 5.92 Å². The third-order valence-electron chi connectivity index (χ3n) is 13.1. The van der Waals surface area contributed by atoms with Gasteiger partial charge in [0.15, 0.2) is 17.5 Å². The van der Waals surface area contributed by atoms with Gasteiger partial charge in [-0.3, -0.25) is 0 Å². The Morgan fingerprint density at radius 1 is 0.625 bits per heavy atom. The molecule has 0 saturated heterocycles. The molecule has 0 amide bonds. The molecule has 11 rings (SSSR count). The maximum Gasteiger partial charge on any atom is 0.164 e. The molecule has 1 spiro atoms. The van der Waals surface area contributed by atoms with Crippen molar-refractivity contribution in [2.24, 2.45) is 35.0 Å². The molecule has 4 fully saturated rings. The minimum absolute atomic E-state index is 0.429. The van der Waals surface area contributed by atoms with Gasteiger partial charge in [0.25, 0.3) is 0 Å². The van der Waals surface area contributed by atoms with E-state index in [-0.39, 0.29) is 0 Å². The predicted octanol–water partition coefficient (Wildman–Crippen LogP) is 10.6. The molecule has 6 aliphatic carbocycles. The maximum atomic E-state index is 5.16. The molecule has 6 aliphatic rings. The molecule has 7 atom stereocenters. The van der Waals surface area contributed by atoms with Crippen molar-refractivity contribution < 1.29 is 0 Å². The molecule has 2 bridgehead atoms. The number of benzene rings is 4. The lowest BCUT2D eigenvalue weighted by atomic mass is 9.33. The monoisotopic (exact) mass is 619 g/mol. The highest BCUT2D eigenvalue weighted by atomic mass is 15.0. The topological polar surface area (TPSA) is 38.7 Å². The highest BCUT2D eigenvalue weighted by molar-refractivity contribution is 5.90. The summed E-state index contributed by atoms with van der Waals surface area (Å²) in [6, 6.07) is 33.2. The van der Waals surface area contributed by atoms with Gasteiger partial charge in [-0.1, -0.05) is 109 Å². The summed E-state index contributed by atoms with van der Waals surface area (Å²) in [4.78, 5) is 15.4. The van der Waals surface area contributed by atoms with Gasteiger partial charge in [-0.05, 0) is 118 Å². The van der Waals surface area contributed by atoms with Crippen molar-refractivity contribution in [3.05, 3.63) is 144 Å². The Morgan fingerprint density at radius 3 is 2.23 bits per heavy atom. The van der Waals surface area contributed by atoms with Gasteiger partial charge in [0.1, 0.15) is 0 Å². The summed E-state index contributed by atoms with van der Waals surface area (Å²) in [6.45, 7) is 0. The molecule has 1 aromatic heterocycles. The second kappa shape index (κ2) is 10.1. The van der Waals surface area contributed by atoms with Gasteiger partial charge >= 0.3 is 0 Å². The zero-order valence-electron chi connectivity index (χ0n) is 27.0. The molecule has 0 N–H and O–H groups in total. The third kappa shape index (κ3) is 3.91. The molecule has 3 nitrogen and oxygen atoms in total. The summed E-state index contributed by atoms with van der Waals surface area (Å²) in [6.07, 6.45) is 20.3. The van der Waals surface area contributed by atoms with E-state index in [2.05, 4.69) is 127 Å². The number of rotatable bonds is 5. The van der Waals surface area contributed by atoms with E-state index in [1.54, 1.807) is 0 Å². The zero-order valence-corrected chi connectivity index (χ0v) is 27.0. The van der Waals surface area contributed by atoms with E-state index in [9.17, 15) is 0 Å². The van der Waals surface area contributed by atoms with Crippen LogP contribution in [0.15, 0.2) is 133 Å². The Hall–Kier alpha value is -4.89. The van der Waals surface area contributed by atoms with Crippen molar-refractivity contribution in [3.63, 3.8) is 0 Å². The van der Waals surface area contributed by atoms with E-state index in [0.717, 1.165) is 75.6 Å². The standard InChI is InChI=1S/C45H37N3/c1-2-6-28(7-3-1)34-17-10-30-12-19-36(24-37(30)23-34)44-47-42(46-43(48-44)35-18-11-29-8-4-5-9-33(29)22-35)32-15-13-31(14-16-32)41-39-21-27-20-38-25-40(41)45(38,39)26-27/h1-10,12-19,22-24,27,29,38-41H,11,20-21,25-26H2. The number of fused-ring (bicyclic) bond motifs is 3.